The third kappa shape index (κ3) is 4.24. The van der Waals surface area contributed by atoms with Crippen molar-refractivity contribution in [1.82, 2.24) is 14.9 Å². The number of hydrogen-bond acceptors (Lipinski definition) is 5. The molecule has 2 aromatic carbocycles. The highest BCUT2D eigenvalue weighted by molar-refractivity contribution is 7.14. The maximum Gasteiger partial charge on any atom is 0.262 e. The Labute approximate surface area is 191 Å². The van der Waals surface area contributed by atoms with Gasteiger partial charge in [0.05, 0.1) is 19.1 Å². The van der Waals surface area contributed by atoms with Crippen molar-refractivity contribution in [1.29, 1.82) is 0 Å². The minimum atomic E-state index is -0.453. The summed E-state index contributed by atoms with van der Waals surface area (Å²) in [6, 6.07) is 17.0. The van der Waals surface area contributed by atoms with E-state index in [0.717, 1.165) is 33.1 Å². The molecule has 1 unspecified atom stereocenters. The number of ether oxygens (including phenoxy) is 2. The molecule has 7 heteroatoms. The second-order valence-electron chi connectivity index (χ2n) is 7.35. The lowest BCUT2D eigenvalue weighted by Gasteiger charge is -2.21. The van der Waals surface area contributed by atoms with Crippen LogP contribution in [0.4, 0.5) is 0 Å². The Bertz CT molecular complexity index is 1230. The maximum absolute atomic E-state index is 13.3. The molecule has 32 heavy (non-hydrogen) atoms. The molecule has 0 saturated heterocycles. The minimum Gasteiger partial charge on any atom is -0.497 e. The van der Waals surface area contributed by atoms with Crippen molar-refractivity contribution in [3.8, 4) is 22.6 Å². The van der Waals surface area contributed by atoms with Gasteiger partial charge in [-0.2, -0.15) is 0 Å². The second-order valence-corrected chi connectivity index (χ2v) is 8.61. The molecule has 4 rings (SSSR count). The summed E-state index contributed by atoms with van der Waals surface area (Å²) in [7, 11) is 5.18. The van der Waals surface area contributed by atoms with Gasteiger partial charge < -0.3 is 19.4 Å². The summed E-state index contributed by atoms with van der Waals surface area (Å²) in [6.45, 7) is 2.03. The first kappa shape index (κ1) is 21.6. The third-order valence-electron chi connectivity index (χ3n) is 5.38. The largest absolute Gasteiger partial charge is 0.497 e. The van der Waals surface area contributed by atoms with E-state index in [9.17, 15) is 4.79 Å². The first-order valence-corrected chi connectivity index (χ1v) is 11.0. The fourth-order valence-electron chi connectivity index (χ4n) is 3.69. The van der Waals surface area contributed by atoms with Crippen molar-refractivity contribution >= 4 is 17.2 Å². The van der Waals surface area contributed by atoms with Crippen LogP contribution in [0.5, 0.6) is 11.5 Å². The van der Waals surface area contributed by atoms with Crippen molar-refractivity contribution in [3.63, 3.8) is 0 Å². The molecule has 0 saturated carbocycles. The molecular weight excluding hydrogens is 422 g/mol. The summed E-state index contributed by atoms with van der Waals surface area (Å²) >= 11 is 1.47. The normalized spacial score (nSPS) is 11.8. The Morgan fingerprint density at radius 1 is 1.09 bits per heavy atom. The lowest BCUT2D eigenvalue weighted by molar-refractivity contribution is 0.0945. The second kappa shape index (κ2) is 9.28. The van der Waals surface area contributed by atoms with Crippen LogP contribution in [-0.2, 0) is 7.05 Å². The van der Waals surface area contributed by atoms with Gasteiger partial charge in [0.25, 0.3) is 5.91 Å². The number of thiophene rings is 1. The Morgan fingerprint density at radius 3 is 2.50 bits per heavy atom. The number of benzene rings is 2. The number of amides is 1. The number of imidazole rings is 1. The maximum atomic E-state index is 13.3. The van der Waals surface area contributed by atoms with Crippen LogP contribution < -0.4 is 14.8 Å². The molecule has 0 fully saturated rings. The lowest BCUT2D eigenvalue weighted by Crippen LogP contribution is -2.30. The van der Waals surface area contributed by atoms with Gasteiger partial charge in [-0.3, -0.25) is 4.79 Å². The van der Waals surface area contributed by atoms with Gasteiger partial charge in [-0.1, -0.05) is 30.3 Å². The lowest BCUT2D eigenvalue weighted by atomic mass is 10.0. The van der Waals surface area contributed by atoms with E-state index in [4.69, 9.17) is 9.47 Å². The van der Waals surface area contributed by atoms with E-state index in [-0.39, 0.29) is 5.91 Å². The molecule has 4 aromatic rings. The highest BCUT2D eigenvalue weighted by Crippen LogP contribution is 2.34. The van der Waals surface area contributed by atoms with Crippen LogP contribution >= 0.6 is 11.3 Å². The summed E-state index contributed by atoms with van der Waals surface area (Å²) in [6.07, 6.45) is 3.59. The number of hydrogen-bond donors (Lipinski definition) is 1. The number of para-hydroxylation sites is 1. The van der Waals surface area contributed by atoms with E-state index in [0.29, 0.717) is 10.6 Å². The molecule has 0 aliphatic rings. The smallest absolute Gasteiger partial charge is 0.262 e. The van der Waals surface area contributed by atoms with Gasteiger partial charge in [0, 0.05) is 29.9 Å². The summed E-state index contributed by atoms with van der Waals surface area (Å²) in [5.74, 6) is 2.07. The fraction of sp³-hybridized carbons (Fsp3) is 0.200. The van der Waals surface area contributed by atoms with Crippen molar-refractivity contribution in [2.75, 3.05) is 14.2 Å². The number of aromatic nitrogens is 2. The SMILES string of the molecule is COc1ccc(-c2cc(C(=O)NC(c3ccccc3OC)c3nccn3C)sc2C)cc1. The Balaban J connectivity index is 1.66. The molecule has 0 aliphatic carbocycles. The molecule has 0 aliphatic heterocycles. The molecule has 2 heterocycles. The van der Waals surface area contributed by atoms with Gasteiger partial charge in [-0.25, -0.2) is 4.98 Å². The van der Waals surface area contributed by atoms with E-state index >= 15 is 0 Å². The molecule has 2 aromatic heterocycles. The van der Waals surface area contributed by atoms with Crippen LogP contribution in [0.1, 0.15) is 32.0 Å². The molecule has 0 bridgehead atoms. The topological polar surface area (TPSA) is 65.4 Å². The molecular formula is C25H25N3O3S. The Kier molecular flexibility index (Phi) is 6.28. The number of aryl methyl sites for hydroxylation is 2. The van der Waals surface area contributed by atoms with Crippen molar-refractivity contribution < 1.29 is 14.3 Å². The molecule has 1 amide bonds. The van der Waals surface area contributed by atoms with Crippen molar-refractivity contribution in [2.45, 2.75) is 13.0 Å². The number of methoxy groups -OCH3 is 2. The fourth-order valence-corrected chi connectivity index (χ4v) is 4.64. The zero-order valence-corrected chi connectivity index (χ0v) is 19.3. The zero-order valence-electron chi connectivity index (χ0n) is 18.5. The first-order chi connectivity index (χ1) is 15.5. The van der Waals surface area contributed by atoms with Gasteiger partial charge in [0.2, 0.25) is 0 Å². The van der Waals surface area contributed by atoms with Crippen LogP contribution in [0.3, 0.4) is 0 Å². The van der Waals surface area contributed by atoms with E-state index in [1.54, 1.807) is 20.4 Å². The summed E-state index contributed by atoms with van der Waals surface area (Å²) < 4.78 is 12.7. The van der Waals surface area contributed by atoms with Crippen LogP contribution in [0.25, 0.3) is 11.1 Å². The van der Waals surface area contributed by atoms with E-state index in [2.05, 4.69) is 10.3 Å². The summed E-state index contributed by atoms with van der Waals surface area (Å²) in [4.78, 5) is 19.5. The summed E-state index contributed by atoms with van der Waals surface area (Å²) in [5, 5.41) is 3.17. The van der Waals surface area contributed by atoms with Gasteiger partial charge in [-0.15, -0.1) is 11.3 Å². The van der Waals surface area contributed by atoms with Crippen LogP contribution in [0.2, 0.25) is 0 Å². The predicted molar refractivity (Wildman–Crippen MR) is 127 cm³/mol. The standard InChI is InChI=1S/C25H25N3O3S/c1-16-20(17-9-11-18(30-3)12-10-17)15-22(32-16)25(29)27-23(24-26-13-14-28(24)2)19-7-5-6-8-21(19)31-4/h5-15,23H,1-4H3,(H,27,29). The highest BCUT2D eigenvalue weighted by Gasteiger charge is 2.25. The number of nitrogens with one attached hydrogen (secondary N) is 1. The van der Waals surface area contributed by atoms with Gasteiger partial charge in [0.15, 0.2) is 0 Å². The van der Waals surface area contributed by atoms with E-state index in [1.165, 1.54) is 11.3 Å². The highest BCUT2D eigenvalue weighted by atomic mass is 32.1. The van der Waals surface area contributed by atoms with Gasteiger partial charge in [-0.05, 0) is 42.3 Å². The third-order valence-corrected chi connectivity index (χ3v) is 6.43. The summed E-state index contributed by atoms with van der Waals surface area (Å²) in [5.41, 5.74) is 2.93. The average Bonchev–Trinajstić information content (AvgIpc) is 3.43. The number of rotatable bonds is 7. The van der Waals surface area contributed by atoms with Gasteiger partial charge >= 0.3 is 0 Å². The molecule has 1 atom stereocenters. The van der Waals surface area contributed by atoms with Crippen LogP contribution in [0.15, 0.2) is 67.0 Å². The minimum absolute atomic E-state index is 0.156. The number of carbonyl (C=O) groups excluding carboxylic acids is 1. The molecule has 0 spiro atoms. The van der Waals surface area contributed by atoms with E-state index in [1.807, 2.05) is 79.3 Å². The molecule has 1 N–H and O–H groups in total. The van der Waals surface area contributed by atoms with Crippen molar-refractivity contribution in [3.05, 3.63) is 88.1 Å². The van der Waals surface area contributed by atoms with Crippen LogP contribution in [0, 0.1) is 6.92 Å². The first-order valence-electron chi connectivity index (χ1n) is 10.2. The molecule has 0 radical (unpaired) electrons. The van der Waals surface area contributed by atoms with E-state index < -0.39 is 6.04 Å². The molecule has 164 valence electrons. The Hall–Kier alpha value is -3.58. The van der Waals surface area contributed by atoms with Gasteiger partial charge in [0.1, 0.15) is 23.4 Å². The zero-order chi connectivity index (χ0) is 22.7. The number of carbonyl (C=O) groups is 1. The Morgan fingerprint density at radius 2 is 1.84 bits per heavy atom. The monoisotopic (exact) mass is 447 g/mol. The average molecular weight is 448 g/mol. The van der Waals surface area contributed by atoms with Crippen LogP contribution in [-0.4, -0.2) is 29.7 Å². The quantitative estimate of drug-likeness (QED) is 0.433. The predicted octanol–water partition coefficient (Wildman–Crippen LogP) is 4.99. The van der Waals surface area contributed by atoms with Crippen molar-refractivity contribution in [2.24, 2.45) is 7.05 Å². The molecule has 6 nitrogen and oxygen atoms in total. The number of nitrogens with zero attached hydrogens (tertiary/aromatic N) is 2.